The monoisotopic (exact) mass is 445 g/mol. The molecule has 0 bridgehead atoms. The number of fused-ring (bicyclic) bond motifs is 1. The molecule has 8 nitrogen and oxygen atoms in total. The Balaban J connectivity index is 1.63. The zero-order chi connectivity index (χ0) is 22.8. The fraction of sp³-hybridized carbons (Fsp3) is 0.591. The van der Waals surface area contributed by atoms with Crippen molar-refractivity contribution in [2.45, 2.75) is 65.1 Å². The van der Waals surface area contributed by atoms with Crippen molar-refractivity contribution in [2.24, 2.45) is 11.3 Å². The van der Waals surface area contributed by atoms with E-state index in [0.717, 1.165) is 17.5 Å². The van der Waals surface area contributed by atoms with E-state index in [1.54, 1.807) is 11.8 Å². The summed E-state index contributed by atoms with van der Waals surface area (Å²) in [7, 11) is 0. The standard InChI is InChI=1S/C22H31N5O3S/c1-13(2)12-27-18(25-26-21(27)31-5)7-6-8-23-19(29)15-9-14-16(24-20(15)30)10-22(3,4)11-17(14)28/h9,13H,6-8,10-12H2,1-5H3,(H,23,29)(H,24,30). The molecule has 2 N–H and O–H groups in total. The summed E-state index contributed by atoms with van der Waals surface area (Å²) in [5, 5.41) is 12.2. The van der Waals surface area contributed by atoms with E-state index in [2.05, 4.69) is 38.9 Å². The Hall–Kier alpha value is -2.42. The van der Waals surface area contributed by atoms with Crippen molar-refractivity contribution in [1.82, 2.24) is 25.1 Å². The number of carbonyl (C=O) groups excluding carboxylic acids is 2. The van der Waals surface area contributed by atoms with Crippen molar-refractivity contribution in [3.8, 4) is 0 Å². The molecule has 3 rings (SSSR count). The highest BCUT2D eigenvalue weighted by Gasteiger charge is 2.32. The SMILES string of the molecule is CSc1nnc(CCCNC(=O)c2cc3c([nH]c2=O)CC(C)(C)CC3=O)n1CC(C)C. The van der Waals surface area contributed by atoms with E-state index in [9.17, 15) is 14.4 Å². The first-order valence-corrected chi connectivity index (χ1v) is 11.9. The molecule has 0 radical (unpaired) electrons. The van der Waals surface area contributed by atoms with Gasteiger partial charge in [0.15, 0.2) is 10.9 Å². The average molecular weight is 446 g/mol. The van der Waals surface area contributed by atoms with Crippen LogP contribution >= 0.6 is 11.8 Å². The number of H-pyrrole nitrogens is 1. The van der Waals surface area contributed by atoms with Crippen LogP contribution in [0.15, 0.2) is 16.0 Å². The fourth-order valence-electron chi connectivity index (χ4n) is 3.94. The van der Waals surface area contributed by atoms with Gasteiger partial charge in [0.1, 0.15) is 11.4 Å². The molecule has 1 amide bonds. The number of amides is 1. The molecular formula is C22H31N5O3S. The van der Waals surface area contributed by atoms with Crippen LogP contribution in [0.3, 0.4) is 0 Å². The molecule has 0 saturated carbocycles. The zero-order valence-electron chi connectivity index (χ0n) is 18.9. The third-order valence-electron chi connectivity index (χ3n) is 5.35. The Labute approximate surface area is 186 Å². The molecule has 9 heteroatoms. The van der Waals surface area contributed by atoms with Crippen molar-refractivity contribution in [3.63, 3.8) is 0 Å². The summed E-state index contributed by atoms with van der Waals surface area (Å²) in [6.07, 6.45) is 4.34. The minimum atomic E-state index is -0.463. The van der Waals surface area contributed by atoms with Crippen LogP contribution < -0.4 is 10.9 Å². The summed E-state index contributed by atoms with van der Waals surface area (Å²) < 4.78 is 2.12. The molecule has 2 aromatic heterocycles. The number of carbonyl (C=O) groups is 2. The lowest BCUT2D eigenvalue weighted by molar-refractivity contribution is 0.0910. The van der Waals surface area contributed by atoms with Crippen LogP contribution in [0.5, 0.6) is 0 Å². The van der Waals surface area contributed by atoms with Gasteiger partial charge in [0.25, 0.3) is 11.5 Å². The lowest BCUT2D eigenvalue weighted by atomic mass is 9.75. The molecule has 1 aliphatic carbocycles. The molecule has 0 spiro atoms. The van der Waals surface area contributed by atoms with Crippen LogP contribution in [0, 0.1) is 11.3 Å². The minimum Gasteiger partial charge on any atom is -0.352 e. The van der Waals surface area contributed by atoms with E-state index in [-0.39, 0.29) is 16.8 Å². The van der Waals surface area contributed by atoms with E-state index in [1.165, 1.54) is 6.07 Å². The van der Waals surface area contributed by atoms with Crippen molar-refractivity contribution < 1.29 is 9.59 Å². The highest BCUT2D eigenvalue weighted by molar-refractivity contribution is 7.98. The average Bonchev–Trinajstić information content (AvgIpc) is 3.04. The van der Waals surface area contributed by atoms with Gasteiger partial charge in [0.2, 0.25) is 0 Å². The third-order valence-corrected chi connectivity index (χ3v) is 6.02. The van der Waals surface area contributed by atoms with Crippen molar-refractivity contribution in [1.29, 1.82) is 0 Å². The van der Waals surface area contributed by atoms with Crippen LogP contribution in [-0.4, -0.2) is 44.2 Å². The molecule has 2 aromatic rings. The largest absolute Gasteiger partial charge is 0.352 e. The van der Waals surface area contributed by atoms with Crippen LogP contribution in [-0.2, 0) is 19.4 Å². The molecule has 168 valence electrons. The molecule has 0 aromatic carbocycles. The molecule has 0 atom stereocenters. The molecule has 0 unspecified atom stereocenters. The van der Waals surface area contributed by atoms with Crippen molar-refractivity contribution >= 4 is 23.5 Å². The Kier molecular flexibility index (Phi) is 7.03. The number of pyridine rings is 1. The molecule has 0 aliphatic heterocycles. The maximum atomic E-state index is 12.6. The topological polar surface area (TPSA) is 110 Å². The predicted molar refractivity (Wildman–Crippen MR) is 121 cm³/mol. The fourth-order valence-corrected chi connectivity index (χ4v) is 4.47. The van der Waals surface area contributed by atoms with Gasteiger partial charge in [-0.15, -0.1) is 10.2 Å². The predicted octanol–water partition coefficient (Wildman–Crippen LogP) is 2.86. The van der Waals surface area contributed by atoms with Crippen molar-refractivity contribution in [3.05, 3.63) is 39.1 Å². The smallest absolute Gasteiger partial charge is 0.261 e. The van der Waals surface area contributed by atoms with E-state index in [4.69, 9.17) is 0 Å². The summed E-state index contributed by atoms with van der Waals surface area (Å²) >= 11 is 1.57. The van der Waals surface area contributed by atoms with Crippen LogP contribution in [0.1, 0.15) is 72.8 Å². The van der Waals surface area contributed by atoms with Crippen LogP contribution in [0.25, 0.3) is 0 Å². The van der Waals surface area contributed by atoms with E-state index in [1.807, 2.05) is 20.1 Å². The van der Waals surface area contributed by atoms with Gasteiger partial charge < -0.3 is 14.9 Å². The number of rotatable bonds is 8. The summed E-state index contributed by atoms with van der Waals surface area (Å²) in [4.78, 5) is 40.2. The van der Waals surface area contributed by atoms with Crippen molar-refractivity contribution in [2.75, 3.05) is 12.8 Å². The first-order chi connectivity index (χ1) is 14.6. The normalized spacial score (nSPS) is 15.2. The van der Waals surface area contributed by atoms with Crippen LogP contribution in [0.2, 0.25) is 0 Å². The first kappa shape index (κ1) is 23.2. The van der Waals surface area contributed by atoms with Crippen LogP contribution in [0.4, 0.5) is 0 Å². The Morgan fingerprint density at radius 2 is 2.03 bits per heavy atom. The number of nitrogens with zero attached hydrogens (tertiary/aromatic N) is 3. The molecular weight excluding hydrogens is 414 g/mol. The first-order valence-electron chi connectivity index (χ1n) is 10.6. The Morgan fingerprint density at radius 3 is 2.71 bits per heavy atom. The number of hydrogen-bond donors (Lipinski definition) is 2. The zero-order valence-corrected chi connectivity index (χ0v) is 19.7. The van der Waals surface area contributed by atoms with Gasteiger partial charge >= 0.3 is 0 Å². The number of aryl methyl sites for hydroxylation is 1. The molecule has 2 heterocycles. The van der Waals surface area contributed by atoms with Gasteiger partial charge in [-0.3, -0.25) is 14.4 Å². The number of ketones is 1. The summed E-state index contributed by atoms with van der Waals surface area (Å²) in [5.41, 5.74) is 0.415. The van der Waals surface area contributed by atoms with Gasteiger partial charge in [-0.1, -0.05) is 39.5 Å². The number of hydrogen-bond acceptors (Lipinski definition) is 6. The number of nitrogens with one attached hydrogen (secondary N) is 2. The maximum absolute atomic E-state index is 12.6. The second-order valence-corrected chi connectivity index (χ2v) is 10.1. The van der Waals surface area contributed by atoms with E-state index < -0.39 is 11.5 Å². The lowest BCUT2D eigenvalue weighted by Gasteiger charge is -2.29. The second kappa shape index (κ2) is 9.38. The summed E-state index contributed by atoms with van der Waals surface area (Å²) in [6.45, 7) is 9.54. The Bertz CT molecular complexity index is 1040. The summed E-state index contributed by atoms with van der Waals surface area (Å²) in [6, 6.07) is 1.45. The summed E-state index contributed by atoms with van der Waals surface area (Å²) in [5.74, 6) is 0.872. The highest BCUT2D eigenvalue weighted by Crippen LogP contribution is 2.33. The number of aromatic nitrogens is 4. The number of Topliss-reactive ketones (excluding diaryl/α,β-unsaturated/α-hetero) is 1. The van der Waals surface area contributed by atoms with Gasteiger partial charge in [-0.2, -0.15) is 0 Å². The van der Waals surface area contributed by atoms with Gasteiger partial charge in [-0.05, 0) is 36.5 Å². The number of aromatic amines is 1. The van der Waals surface area contributed by atoms with Gasteiger partial charge in [0, 0.05) is 37.2 Å². The molecule has 1 aliphatic rings. The quantitative estimate of drug-likeness (QED) is 0.478. The maximum Gasteiger partial charge on any atom is 0.261 e. The third kappa shape index (κ3) is 5.44. The van der Waals surface area contributed by atoms with E-state index >= 15 is 0 Å². The molecule has 31 heavy (non-hydrogen) atoms. The number of thioether (sulfide) groups is 1. The van der Waals surface area contributed by atoms with E-state index in [0.29, 0.717) is 49.4 Å². The molecule has 0 fully saturated rings. The highest BCUT2D eigenvalue weighted by atomic mass is 32.2. The molecule has 0 saturated heterocycles. The second-order valence-electron chi connectivity index (χ2n) is 9.31. The Morgan fingerprint density at radius 1 is 1.29 bits per heavy atom. The van der Waals surface area contributed by atoms with Gasteiger partial charge in [-0.25, -0.2) is 0 Å². The van der Waals surface area contributed by atoms with Gasteiger partial charge in [0.05, 0.1) is 0 Å². The lowest BCUT2D eigenvalue weighted by Crippen LogP contribution is -2.35. The minimum absolute atomic E-state index is 0.0144.